The van der Waals surface area contributed by atoms with Crippen LogP contribution in [0.25, 0.3) is 0 Å². The lowest BCUT2D eigenvalue weighted by Crippen LogP contribution is -2.11. The number of rotatable bonds is 3. The maximum atomic E-state index is 6.03. The van der Waals surface area contributed by atoms with Crippen LogP contribution in [0.5, 0.6) is 0 Å². The highest BCUT2D eigenvalue weighted by Gasteiger charge is 2.08. The average molecular weight is 188 g/mol. The second-order valence-corrected chi connectivity index (χ2v) is 3.17. The van der Waals surface area contributed by atoms with Crippen molar-refractivity contribution in [3.63, 3.8) is 0 Å². The Morgan fingerprint density at radius 2 is 2.36 bits per heavy atom. The van der Waals surface area contributed by atoms with Crippen molar-refractivity contribution in [1.29, 1.82) is 0 Å². The molecule has 1 rings (SSSR count). The molecular formula is C12H16N2. The SMILES string of the molecule is CC#CCC(N)c1ccncc1CC. The quantitative estimate of drug-likeness (QED) is 0.737. The van der Waals surface area contributed by atoms with Crippen LogP contribution in [-0.2, 0) is 6.42 Å². The third-order valence-electron chi connectivity index (χ3n) is 2.22. The summed E-state index contributed by atoms with van der Waals surface area (Å²) in [5.74, 6) is 5.86. The number of nitrogens with two attached hydrogens (primary N) is 1. The average Bonchev–Trinajstić information content (AvgIpc) is 2.25. The van der Waals surface area contributed by atoms with Crippen molar-refractivity contribution in [2.75, 3.05) is 0 Å². The number of nitrogens with zero attached hydrogens (tertiary/aromatic N) is 1. The highest BCUT2D eigenvalue weighted by molar-refractivity contribution is 5.27. The summed E-state index contributed by atoms with van der Waals surface area (Å²) in [6.45, 7) is 3.94. The van der Waals surface area contributed by atoms with Crippen molar-refractivity contribution in [2.24, 2.45) is 5.73 Å². The van der Waals surface area contributed by atoms with Crippen LogP contribution in [0.4, 0.5) is 0 Å². The van der Waals surface area contributed by atoms with E-state index in [-0.39, 0.29) is 6.04 Å². The van der Waals surface area contributed by atoms with E-state index >= 15 is 0 Å². The van der Waals surface area contributed by atoms with Gasteiger partial charge in [-0.15, -0.1) is 11.8 Å². The molecule has 1 aromatic heterocycles. The first-order valence-electron chi connectivity index (χ1n) is 4.87. The minimum Gasteiger partial charge on any atom is -0.323 e. The Balaban J connectivity index is 2.85. The van der Waals surface area contributed by atoms with Crippen molar-refractivity contribution < 1.29 is 0 Å². The van der Waals surface area contributed by atoms with Gasteiger partial charge in [0.25, 0.3) is 0 Å². The van der Waals surface area contributed by atoms with Crippen LogP contribution < -0.4 is 5.73 Å². The molecule has 0 saturated carbocycles. The maximum Gasteiger partial charge on any atom is 0.0409 e. The molecule has 0 aliphatic rings. The van der Waals surface area contributed by atoms with E-state index < -0.39 is 0 Å². The summed E-state index contributed by atoms with van der Waals surface area (Å²) in [6, 6.07) is 2.00. The number of aryl methyl sites for hydroxylation is 1. The molecule has 0 bridgehead atoms. The fourth-order valence-electron chi connectivity index (χ4n) is 1.42. The Labute approximate surface area is 85.5 Å². The second-order valence-electron chi connectivity index (χ2n) is 3.17. The summed E-state index contributed by atoms with van der Waals surface area (Å²) in [6.07, 6.45) is 5.35. The number of pyridine rings is 1. The lowest BCUT2D eigenvalue weighted by molar-refractivity contribution is 0.739. The lowest BCUT2D eigenvalue weighted by Gasteiger charge is -2.12. The summed E-state index contributed by atoms with van der Waals surface area (Å²) in [4.78, 5) is 4.09. The minimum absolute atomic E-state index is 0.0143. The predicted octanol–water partition coefficient (Wildman–Crippen LogP) is 2.06. The Bertz CT molecular complexity index is 347. The topological polar surface area (TPSA) is 38.9 Å². The van der Waals surface area contributed by atoms with Gasteiger partial charge < -0.3 is 5.73 Å². The van der Waals surface area contributed by atoms with E-state index in [1.54, 1.807) is 6.20 Å². The highest BCUT2D eigenvalue weighted by atomic mass is 14.7. The van der Waals surface area contributed by atoms with Gasteiger partial charge in [-0.05, 0) is 30.5 Å². The molecule has 2 heteroatoms. The Morgan fingerprint density at radius 1 is 1.57 bits per heavy atom. The molecular weight excluding hydrogens is 172 g/mol. The Kier molecular flexibility index (Phi) is 4.15. The summed E-state index contributed by atoms with van der Waals surface area (Å²) in [7, 11) is 0. The molecule has 1 aromatic rings. The maximum absolute atomic E-state index is 6.03. The standard InChI is InChI=1S/C12H16N2/c1-3-5-6-12(13)11-7-8-14-9-10(11)4-2/h7-9,12H,4,6,13H2,1-2H3. The van der Waals surface area contributed by atoms with Gasteiger partial charge in [-0.1, -0.05) is 6.92 Å². The van der Waals surface area contributed by atoms with Crippen molar-refractivity contribution in [1.82, 2.24) is 4.98 Å². The summed E-state index contributed by atoms with van der Waals surface area (Å²) >= 11 is 0. The zero-order valence-electron chi connectivity index (χ0n) is 8.75. The number of aromatic nitrogens is 1. The highest BCUT2D eigenvalue weighted by Crippen LogP contribution is 2.17. The molecule has 0 saturated heterocycles. The summed E-state index contributed by atoms with van der Waals surface area (Å²) in [5, 5.41) is 0. The van der Waals surface area contributed by atoms with Crippen LogP contribution in [0.1, 0.15) is 37.4 Å². The smallest absolute Gasteiger partial charge is 0.0409 e. The van der Waals surface area contributed by atoms with Gasteiger partial charge in [0.05, 0.1) is 0 Å². The molecule has 14 heavy (non-hydrogen) atoms. The van der Waals surface area contributed by atoms with Crippen LogP contribution in [0.2, 0.25) is 0 Å². The van der Waals surface area contributed by atoms with E-state index in [1.165, 1.54) is 11.1 Å². The Morgan fingerprint density at radius 3 is 3.00 bits per heavy atom. The largest absolute Gasteiger partial charge is 0.323 e. The fraction of sp³-hybridized carbons (Fsp3) is 0.417. The van der Waals surface area contributed by atoms with Gasteiger partial charge in [0.15, 0.2) is 0 Å². The first-order chi connectivity index (χ1) is 6.79. The minimum atomic E-state index is 0.0143. The van der Waals surface area contributed by atoms with Crippen LogP contribution in [0, 0.1) is 11.8 Å². The van der Waals surface area contributed by atoms with E-state index in [4.69, 9.17) is 5.73 Å². The fourth-order valence-corrected chi connectivity index (χ4v) is 1.42. The van der Waals surface area contributed by atoms with Gasteiger partial charge in [0.2, 0.25) is 0 Å². The zero-order valence-corrected chi connectivity index (χ0v) is 8.75. The predicted molar refractivity (Wildman–Crippen MR) is 58.6 cm³/mol. The lowest BCUT2D eigenvalue weighted by atomic mass is 9.99. The normalized spacial score (nSPS) is 11.6. The van der Waals surface area contributed by atoms with E-state index in [0.29, 0.717) is 6.42 Å². The van der Waals surface area contributed by atoms with Crippen molar-refractivity contribution >= 4 is 0 Å². The molecule has 0 aromatic carbocycles. The van der Waals surface area contributed by atoms with Crippen molar-refractivity contribution in [3.05, 3.63) is 29.6 Å². The molecule has 0 spiro atoms. The molecule has 2 N–H and O–H groups in total. The van der Waals surface area contributed by atoms with Gasteiger partial charge in [-0.3, -0.25) is 4.98 Å². The molecule has 74 valence electrons. The van der Waals surface area contributed by atoms with Crippen LogP contribution in [0.15, 0.2) is 18.5 Å². The van der Waals surface area contributed by atoms with Crippen molar-refractivity contribution in [3.8, 4) is 11.8 Å². The van der Waals surface area contributed by atoms with E-state index in [2.05, 4.69) is 23.7 Å². The first kappa shape index (κ1) is 10.7. The molecule has 0 amide bonds. The molecule has 0 fully saturated rings. The van der Waals surface area contributed by atoms with Gasteiger partial charge in [-0.25, -0.2) is 0 Å². The molecule has 1 unspecified atom stereocenters. The molecule has 0 aliphatic heterocycles. The van der Waals surface area contributed by atoms with Crippen LogP contribution in [-0.4, -0.2) is 4.98 Å². The van der Waals surface area contributed by atoms with Crippen molar-refractivity contribution in [2.45, 2.75) is 32.7 Å². The van der Waals surface area contributed by atoms with Gasteiger partial charge >= 0.3 is 0 Å². The molecule has 1 atom stereocenters. The first-order valence-corrected chi connectivity index (χ1v) is 4.87. The van der Waals surface area contributed by atoms with Gasteiger partial charge in [0.1, 0.15) is 0 Å². The third-order valence-corrected chi connectivity index (χ3v) is 2.22. The zero-order chi connectivity index (χ0) is 10.4. The monoisotopic (exact) mass is 188 g/mol. The molecule has 0 aliphatic carbocycles. The number of hydrogen-bond acceptors (Lipinski definition) is 2. The molecule has 0 radical (unpaired) electrons. The third kappa shape index (κ3) is 2.58. The van der Waals surface area contributed by atoms with E-state index in [0.717, 1.165) is 6.42 Å². The van der Waals surface area contributed by atoms with Crippen LogP contribution >= 0.6 is 0 Å². The Hall–Kier alpha value is -1.33. The van der Waals surface area contributed by atoms with E-state index in [1.807, 2.05) is 19.2 Å². The summed E-state index contributed by atoms with van der Waals surface area (Å²) in [5.41, 5.74) is 8.42. The second kappa shape index (κ2) is 5.41. The van der Waals surface area contributed by atoms with Crippen LogP contribution in [0.3, 0.4) is 0 Å². The summed E-state index contributed by atoms with van der Waals surface area (Å²) < 4.78 is 0. The molecule has 2 nitrogen and oxygen atoms in total. The van der Waals surface area contributed by atoms with Gasteiger partial charge in [-0.2, -0.15) is 0 Å². The molecule has 1 heterocycles. The van der Waals surface area contributed by atoms with Gasteiger partial charge in [0, 0.05) is 24.9 Å². The number of hydrogen-bond donors (Lipinski definition) is 1. The van der Waals surface area contributed by atoms with E-state index in [9.17, 15) is 0 Å².